The van der Waals surface area contributed by atoms with E-state index >= 15 is 0 Å². The lowest BCUT2D eigenvalue weighted by molar-refractivity contribution is -0.870. The molecule has 9 nitrogen and oxygen atoms in total. The van der Waals surface area contributed by atoms with Gasteiger partial charge in [0, 0.05) is 12.8 Å². The van der Waals surface area contributed by atoms with E-state index < -0.39 is 26.5 Å². The number of quaternary nitrogens is 1. The minimum absolute atomic E-state index is 0.0293. The number of likely N-dealkylation sites (N-methyl/N-ethyl adjacent to an activating group) is 1. The Morgan fingerprint density at radius 2 is 0.548 bits per heavy atom. The van der Waals surface area contributed by atoms with Crippen LogP contribution in [0.4, 0.5) is 0 Å². The van der Waals surface area contributed by atoms with E-state index in [-0.39, 0.29) is 32.0 Å². The van der Waals surface area contributed by atoms with Crippen LogP contribution in [-0.4, -0.2) is 70.0 Å². The van der Waals surface area contributed by atoms with E-state index in [1.54, 1.807) is 0 Å². The normalized spacial score (nSPS) is 13.3. The Labute approximate surface area is 647 Å². The summed E-state index contributed by atoms with van der Waals surface area (Å²) in [6.07, 6.45) is 118. The zero-order valence-corrected chi connectivity index (χ0v) is 70.6. The molecule has 10 heteroatoms. The molecule has 608 valence electrons. The summed E-state index contributed by atoms with van der Waals surface area (Å²) in [5, 5.41) is 0. The monoisotopic (exact) mass is 1480 g/mol. The van der Waals surface area contributed by atoms with Gasteiger partial charge in [0.05, 0.1) is 27.7 Å². The van der Waals surface area contributed by atoms with Gasteiger partial charge in [0.25, 0.3) is 7.82 Å². The fourth-order valence-corrected chi connectivity index (χ4v) is 14.3. The third kappa shape index (κ3) is 88.1. The fraction of sp³-hybridized carbons (Fsp3) is 0.830. The number of rotatable bonds is 85. The quantitative estimate of drug-likeness (QED) is 0.0195. The van der Waals surface area contributed by atoms with Gasteiger partial charge in [-0.2, -0.15) is 0 Å². The molecule has 0 aliphatic heterocycles. The standard InChI is InChI=1S/C94H174NO8P/c1-6-8-10-12-14-16-18-20-22-24-26-28-30-32-34-36-38-40-42-44-46-47-49-51-53-55-57-59-61-63-65-67-69-71-73-75-77-79-81-83-85-87-94(97)103-92(91-102-104(98,99)101-89-88-95(3,4)5)90-100-93(96)86-84-82-80-78-76-74-72-70-68-66-64-62-60-58-56-54-52-50-48-45-43-41-39-37-35-33-31-29-27-25-23-21-19-17-15-13-11-9-7-2/h8,10,14,16,20,22,26,28,32,34,38,40,44,46,92H,6-7,9,11-13,15,17-19,21,23-25,27,29-31,33,35-37,39,41-43,45,47-91H2,1-5H3/b10-8-,16-14-,22-20-,28-26-,34-32-,40-38-,46-44-. The number of carbonyl (C=O) groups is 2. The Morgan fingerprint density at radius 1 is 0.308 bits per heavy atom. The number of hydrogen-bond acceptors (Lipinski definition) is 8. The molecule has 2 unspecified atom stereocenters. The van der Waals surface area contributed by atoms with Crippen LogP contribution in [-0.2, 0) is 32.7 Å². The Hall–Kier alpha value is -2.81. The van der Waals surface area contributed by atoms with Gasteiger partial charge in [-0.15, -0.1) is 0 Å². The van der Waals surface area contributed by atoms with Gasteiger partial charge in [-0.3, -0.25) is 14.2 Å². The molecule has 104 heavy (non-hydrogen) atoms. The molecular formula is C94H174NO8P. The van der Waals surface area contributed by atoms with Crippen LogP contribution >= 0.6 is 7.82 Å². The number of ether oxygens (including phenoxy) is 2. The molecular weight excluding hydrogens is 1300 g/mol. The van der Waals surface area contributed by atoms with Crippen molar-refractivity contribution in [2.45, 2.75) is 457 Å². The molecule has 2 atom stereocenters. The second-order valence-corrected chi connectivity index (χ2v) is 33.4. The van der Waals surface area contributed by atoms with E-state index in [0.717, 1.165) is 83.5 Å². The van der Waals surface area contributed by atoms with Crippen LogP contribution in [0.3, 0.4) is 0 Å². The highest BCUT2D eigenvalue weighted by atomic mass is 31.2. The number of hydrogen-bond donors (Lipinski definition) is 0. The van der Waals surface area contributed by atoms with E-state index in [9.17, 15) is 19.0 Å². The fourth-order valence-electron chi connectivity index (χ4n) is 13.6. The van der Waals surface area contributed by atoms with Crippen LogP contribution < -0.4 is 4.89 Å². The van der Waals surface area contributed by atoms with Crippen molar-refractivity contribution < 1.29 is 42.1 Å². The average Bonchev–Trinajstić information content (AvgIpc) is 0.920. The molecule has 0 rings (SSSR count). The maximum atomic E-state index is 12.9. The van der Waals surface area contributed by atoms with Gasteiger partial charge in [0.2, 0.25) is 0 Å². The Kier molecular flexibility index (Phi) is 81.9. The lowest BCUT2D eigenvalue weighted by Crippen LogP contribution is -2.37. The van der Waals surface area contributed by atoms with E-state index in [1.165, 1.54) is 334 Å². The highest BCUT2D eigenvalue weighted by Gasteiger charge is 2.22. The zero-order chi connectivity index (χ0) is 75.4. The Balaban J connectivity index is 3.86. The van der Waals surface area contributed by atoms with Crippen LogP contribution in [0.2, 0.25) is 0 Å². The van der Waals surface area contributed by atoms with Crippen LogP contribution in [0.15, 0.2) is 85.1 Å². The van der Waals surface area contributed by atoms with Crippen LogP contribution in [0.5, 0.6) is 0 Å². The van der Waals surface area contributed by atoms with E-state index in [2.05, 4.69) is 98.9 Å². The first-order valence-corrected chi connectivity index (χ1v) is 46.8. The molecule has 0 fully saturated rings. The van der Waals surface area contributed by atoms with Crippen molar-refractivity contribution >= 4 is 19.8 Å². The van der Waals surface area contributed by atoms with Crippen molar-refractivity contribution in [1.82, 2.24) is 0 Å². The average molecular weight is 1480 g/mol. The van der Waals surface area contributed by atoms with E-state index in [0.29, 0.717) is 17.4 Å². The summed E-state index contributed by atoms with van der Waals surface area (Å²) in [4.78, 5) is 38.3. The van der Waals surface area contributed by atoms with Crippen LogP contribution in [0.25, 0.3) is 0 Å². The summed E-state index contributed by atoms with van der Waals surface area (Å²) in [6, 6.07) is 0. The summed E-state index contributed by atoms with van der Waals surface area (Å²) in [7, 11) is 1.19. The molecule has 0 aliphatic rings. The SMILES string of the molecule is CC/C=C\C/C=C\C/C=C\C/C=C\C/C=C\C/C=C\C/C=C\CCCCCCCCCCCCCCCCCCCCCC(=O)OC(COC(=O)CCCCCCCCCCCCCCCCCCCCCCCCCCCCCCCCCCCCCCCCC)COP(=O)([O-])OCC[N+](C)(C)C. The zero-order valence-electron chi connectivity index (χ0n) is 69.7. The van der Waals surface area contributed by atoms with E-state index in [1.807, 2.05) is 21.1 Å². The highest BCUT2D eigenvalue weighted by molar-refractivity contribution is 7.45. The smallest absolute Gasteiger partial charge is 0.306 e. The summed E-state index contributed by atoms with van der Waals surface area (Å²) < 4.78 is 34.5. The number of nitrogens with zero attached hydrogens (tertiary/aromatic N) is 1. The van der Waals surface area contributed by atoms with Gasteiger partial charge < -0.3 is 27.9 Å². The Bertz CT molecular complexity index is 2040. The summed E-state index contributed by atoms with van der Waals surface area (Å²) >= 11 is 0. The number of phosphoric ester groups is 1. The van der Waals surface area contributed by atoms with Gasteiger partial charge >= 0.3 is 11.9 Å². The molecule has 0 bridgehead atoms. The first-order valence-electron chi connectivity index (χ1n) is 45.3. The minimum atomic E-state index is -4.65. The van der Waals surface area contributed by atoms with Gasteiger partial charge in [-0.05, 0) is 70.6 Å². The largest absolute Gasteiger partial charge is 0.756 e. The van der Waals surface area contributed by atoms with Crippen molar-refractivity contribution in [3.63, 3.8) is 0 Å². The first-order chi connectivity index (χ1) is 51.0. The molecule has 0 saturated heterocycles. The lowest BCUT2D eigenvalue weighted by atomic mass is 10.0. The van der Waals surface area contributed by atoms with Gasteiger partial charge in [0.15, 0.2) is 6.10 Å². The third-order valence-corrected chi connectivity index (χ3v) is 21.4. The van der Waals surface area contributed by atoms with Crippen molar-refractivity contribution in [1.29, 1.82) is 0 Å². The minimum Gasteiger partial charge on any atom is -0.756 e. The second-order valence-electron chi connectivity index (χ2n) is 31.9. The molecule has 0 aromatic rings. The number of phosphoric acid groups is 1. The topological polar surface area (TPSA) is 111 Å². The molecule has 0 aromatic heterocycles. The van der Waals surface area contributed by atoms with Gasteiger partial charge in [0.1, 0.15) is 19.8 Å². The first kappa shape index (κ1) is 101. The molecule has 0 radical (unpaired) electrons. The summed E-state index contributed by atoms with van der Waals surface area (Å²) in [6.45, 7) is 4.20. The van der Waals surface area contributed by atoms with Gasteiger partial charge in [-0.1, -0.05) is 452 Å². The summed E-state index contributed by atoms with van der Waals surface area (Å²) in [5.41, 5.74) is 0. The van der Waals surface area contributed by atoms with Crippen molar-refractivity contribution in [3.05, 3.63) is 85.1 Å². The third-order valence-electron chi connectivity index (χ3n) is 20.4. The van der Waals surface area contributed by atoms with Crippen molar-refractivity contribution in [2.24, 2.45) is 0 Å². The molecule has 0 N–H and O–H groups in total. The predicted octanol–water partition coefficient (Wildman–Crippen LogP) is 30.1. The molecule has 0 aromatic carbocycles. The second kappa shape index (κ2) is 84.2. The molecule has 0 amide bonds. The maximum absolute atomic E-state index is 12.9. The van der Waals surface area contributed by atoms with Crippen LogP contribution in [0.1, 0.15) is 450 Å². The number of esters is 2. The summed E-state index contributed by atoms with van der Waals surface area (Å²) in [5.74, 6) is -0.810. The van der Waals surface area contributed by atoms with Crippen molar-refractivity contribution in [3.8, 4) is 0 Å². The van der Waals surface area contributed by atoms with E-state index in [4.69, 9.17) is 18.5 Å². The Morgan fingerprint density at radius 3 is 0.817 bits per heavy atom. The number of unbranched alkanes of at least 4 members (excludes halogenated alkanes) is 57. The lowest BCUT2D eigenvalue weighted by Gasteiger charge is -2.28. The molecule has 0 aliphatic carbocycles. The highest BCUT2D eigenvalue weighted by Crippen LogP contribution is 2.38. The molecule has 0 saturated carbocycles. The maximum Gasteiger partial charge on any atom is 0.306 e. The van der Waals surface area contributed by atoms with Gasteiger partial charge in [-0.25, -0.2) is 0 Å². The number of carbonyl (C=O) groups excluding carboxylic acids is 2. The molecule has 0 heterocycles. The van der Waals surface area contributed by atoms with Crippen molar-refractivity contribution in [2.75, 3.05) is 47.5 Å². The molecule has 0 spiro atoms. The predicted molar refractivity (Wildman–Crippen MR) is 453 cm³/mol. The van der Waals surface area contributed by atoms with Crippen LogP contribution in [0, 0.1) is 0 Å². The number of allylic oxidation sites excluding steroid dienone is 14.